The van der Waals surface area contributed by atoms with Crippen molar-refractivity contribution in [2.45, 2.75) is 32.6 Å². The second kappa shape index (κ2) is 6.83. The van der Waals surface area contributed by atoms with Crippen LogP contribution in [0, 0.1) is 0 Å². The zero-order valence-corrected chi connectivity index (χ0v) is 16.1. The molecule has 4 rings (SSSR count). The highest BCUT2D eigenvalue weighted by Crippen LogP contribution is 2.28. The molecule has 0 saturated heterocycles. The number of benzene rings is 2. The zero-order valence-electron chi connectivity index (χ0n) is 15.3. The fraction of sp³-hybridized carbons (Fsp3) is 0.238. The van der Waals surface area contributed by atoms with Gasteiger partial charge in [0.15, 0.2) is 5.82 Å². The van der Waals surface area contributed by atoms with Crippen molar-refractivity contribution < 1.29 is 4.74 Å². The molecule has 0 amide bonds. The Morgan fingerprint density at radius 3 is 2.63 bits per heavy atom. The summed E-state index contributed by atoms with van der Waals surface area (Å²) in [5, 5.41) is 1.76. The molecule has 4 aromatic rings. The Morgan fingerprint density at radius 1 is 1.11 bits per heavy atom. The molecule has 0 unspecified atom stereocenters. The summed E-state index contributed by atoms with van der Waals surface area (Å²) in [7, 11) is 0. The van der Waals surface area contributed by atoms with Gasteiger partial charge in [-0.3, -0.25) is 0 Å². The Bertz CT molecular complexity index is 1100. The van der Waals surface area contributed by atoms with E-state index in [4.69, 9.17) is 22.1 Å². The predicted molar refractivity (Wildman–Crippen MR) is 110 cm³/mol. The fourth-order valence-corrected chi connectivity index (χ4v) is 3.37. The number of rotatable bonds is 5. The van der Waals surface area contributed by atoms with Crippen LogP contribution in [0.3, 0.4) is 0 Å². The van der Waals surface area contributed by atoms with Gasteiger partial charge in [0.2, 0.25) is 0 Å². The number of nitrogens with zero attached hydrogens (tertiary/aromatic N) is 3. The quantitative estimate of drug-likeness (QED) is 0.539. The summed E-state index contributed by atoms with van der Waals surface area (Å²) >= 11 is 5.95. The molecular weight excluding hydrogens is 360 g/mol. The number of hydrogen-bond acceptors (Lipinski definition) is 4. The highest BCUT2D eigenvalue weighted by molar-refractivity contribution is 6.30. The Hall–Kier alpha value is -2.63. The van der Waals surface area contributed by atoms with Gasteiger partial charge in [-0.2, -0.15) is 0 Å². The van der Waals surface area contributed by atoms with Crippen LogP contribution >= 0.6 is 11.6 Å². The summed E-state index contributed by atoms with van der Waals surface area (Å²) in [6.07, 6.45) is 1.81. The largest absolute Gasteiger partial charge is 0.382 e. The Kier molecular flexibility index (Phi) is 4.50. The average molecular weight is 381 g/mol. The number of pyridine rings is 1. The lowest BCUT2D eigenvalue weighted by atomic mass is 10.1. The van der Waals surface area contributed by atoms with Gasteiger partial charge in [-0.05, 0) is 37.6 Å². The topological polar surface area (TPSA) is 66.0 Å². The van der Waals surface area contributed by atoms with E-state index in [2.05, 4.69) is 28.4 Å². The van der Waals surface area contributed by atoms with E-state index in [1.54, 1.807) is 0 Å². The van der Waals surface area contributed by atoms with Crippen molar-refractivity contribution in [3.63, 3.8) is 0 Å². The third-order valence-corrected chi connectivity index (χ3v) is 4.83. The monoisotopic (exact) mass is 380 g/mol. The molecule has 138 valence electrons. The summed E-state index contributed by atoms with van der Waals surface area (Å²) < 4.78 is 8.28. The highest BCUT2D eigenvalue weighted by atomic mass is 35.5. The molecule has 0 saturated carbocycles. The molecule has 0 bridgehead atoms. The number of nitrogen functional groups attached to an aromatic ring is 1. The van der Waals surface area contributed by atoms with Crippen LogP contribution < -0.4 is 5.73 Å². The molecule has 6 heteroatoms. The van der Waals surface area contributed by atoms with Crippen molar-refractivity contribution in [3.05, 3.63) is 65.4 Å². The summed E-state index contributed by atoms with van der Waals surface area (Å²) in [6.45, 7) is 5.30. The summed E-state index contributed by atoms with van der Waals surface area (Å²) in [5.74, 6) is 0.447. The number of halogens is 1. The van der Waals surface area contributed by atoms with Crippen molar-refractivity contribution in [3.8, 4) is 0 Å². The molecule has 0 radical (unpaired) electrons. The van der Waals surface area contributed by atoms with Crippen molar-refractivity contribution in [1.82, 2.24) is 14.5 Å². The molecule has 0 spiro atoms. The van der Waals surface area contributed by atoms with Crippen LogP contribution in [0.1, 0.15) is 19.4 Å². The van der Waals surface area contributed by atoms with Gasteiger partial charge in [-0.15, -0.1) is 0 Å². The SMILES string of the molecule is CC(C)(Cn1cnc2c(N)nc3ccccc3c21)OCc1ccc(Cl)cc1. The zero-order chi connectivity index (χ0) is 19.0. The summed E-state index contributed by atoms with van der Waals surface area (Å²) in [6, 6.07) is 15.7. The lowest BCUT2D eigenvalue weighted by Gasteiger charge is -2.26. The Labute approximate surface area is 162 Å². The summed E-state index contributed by atoms with van der Waals surface area (Å²) in [5.41, 5.74) is 9.38. The van der Waals surface area contributed by atoms with Crippen LogP contribution in [0.25, 0.3) is 21.9 Å². The molecular formula is C21H21ClN4O. The van der Waals surface area contributed by atoms with Crippen LogP contribution in [0.2, 0.25) is 5.02 Å². The third-order valence-electron chi connectivity index (χ3n) is 4.57. The Balaban J connectivity index is 1.63. The van der Waals surface area contributed by atoms with Crippen LogP contribution in [-0.4, -0.2) is 20.1 Å². The number of nitrogens with two attached hydrogens (primary N) is 1. The van der Waals surface area contributed by atoms with E-state index < -0.39 is 5.60 Å². The average Bonchev–Trinajstić information content (AvgIpc) is 3.05. The highest BCUT2D eigenvalue weighted by Gasteiger charge is 2.22. The minimum atomic E-state index is -0.396. The number of ether oxygens (including phenoxy) is 1. The van der Waals surface area contributed by atoms with E-state index in [1.807, 2.05) is 54.9 Å². The van der Waals surface area contributed by atoms with E-state index in [0.29, 0.717) is 19.0 Å². The Morgan fingerprint density at radius 2 is 1.85 bits per heavy atom. The normalized spacial score (nSPS) is 12.1. The first-order chi connectivity index (χ1) is 12.9. The molecule has 0 aliphatic carbocycles. The van der Waals surface area contributed by atoms with Gasteiger partial charge < -0.3 is 15.0 Å². The maximum atomic E-state index is 6.18. The second-order valence-corrected chi connectivity index (χ2v) is 7.70. The van der Waals surface area contributed by atoms with Gasteiger partial charge in [0.1, 0.15) is 5.52 Å². The molecule has 27 heavy (non-hydrogen) atoms. The van der Waals surface area contributed by atoms with E-state index in [-0.39, 0.29) is 0 Å². The minimum absolute atomic E-state index is 0.396. The predicted octanol–water partition coefficient (Wildman–Crippen LogP) is 4.82. The molecule has 0 aliphatic heterocycles. The van der Waals surface area contributed by atoms with Gasteiger partial charge in [0.05, 0.1) is 36.1 Å². The standard InChI is InChI=1S/C21H21ClN4O/c1-21(2,27-11-14-7-9-15(22)10-8-14)12-26-13-24-18-19(26)16-5-3-4-6-17(16)25-20(18)23/h3-10,13H,11-12H2,1-2H3,(H2,23,25). The number of aromatic nitrogens is 3. The molecule has 0 aliphatic rings. The molecule has 2 N–H and O–H groups in total. The van der Waals surface area contributed by atoms with Gasteiger partial charge in [-0.25, -0.2) is 9.97 Å². The number of imidazole rings is 1. The van der Waals surface area contributed by atoms with Crippen molar-refractivity contribution >= 4 is 39.4 Å². The van der Waals surface area contributed by atoms with Gasteiger partial charge >= 0.3 is 0 Å². The maximum absolute atomic E-state index is 6.18. The summed E-state index contributed by atoms with van der Waals surface area (Å²) in [4.78, 5) is 8.94. The number of fused-ring (bicyclic) bond motifs is 3. The van der Waals surface area contributed by atoms with Gasteiger partial charge in [-0.1, -0.05) is 41.9 Å². The smallest absolute Gasteiger partial charge is 0.152 e. The van der Waals surface area contributed by atoms with Crippen molar-refractivity contribution in [2.24, 2.45) is 0 Å². The minimum Gasteiger partial charge on any atom is -0.382 e. The second-order valence-electron chi connectivity index (χ2n) is 7.26. The first-order valence-corrected chi connectivity index (χ1v) is 9.18. The molecule has 0 fully saturated rings. The van der Waals surface area contributed by atoms with E-state index in [9.17, 15) is 0 Å². The van der Waals surface area contributed by atoms with Crippen LogP contribution in [0.5, 0.6) is 0 Å². The van der Waals surface area contributed by atoms with E-state index in [1.165, 1.54) is 0 Å². The lowest BCUT2D eigenvalue weighted by molar-refractivity contribution is -0.0400. The molecule has 2 aromatic heterocycles. The van der Waals surface area contributed by atoms with Crippen molar-refractivity contribution in [2.75, 3.05) is 5.73 Å². The number of para-hydroxylation sites is 1. The lowest BCUT2D eigenvalue weighted by Crippen LogP contribution is -2.30. The fourth-order valence-electron chi connectivity index (χ4n) is 3.24. The van der Waals surface area contributed by atoms with E-state index >= 15 is 0 Å². The van der Waals surface area contributed by atoms with Crippen molar-refractivity contribution in [1.29, 1.82) is 0 Å². The van der Waals surface area contributed by atoms with Gasteiger partial charge in [0.25, 0.3) is 0 Å². The van der Waals surface area contributed by atoms with Gasteiger partial charge in [0, 0.05) is 10.4 Å². The first kappa shape index (κ1) is 17.8. The van der Waals surface area contributed by atoms with Crippen LogP contribution in [0.4, 0.5) is 5.82 Å². The first-order valence-electron chi connectivity index (χ1n) is 8.80. The van der Waals surface area contributed by atoms with Crippen LogP contribution in [0.15, 0.2) is 54.9 Å². The molecule has 2 aromatic carbocycles. The number of hydrogen-bond donors (Lipinski definition) is 1. The van der Waals surface area contributed by atoms with E-state index in [0.717, 1.165) is 32.5 Å². The molecule has 5 nitrogen and oxygen atoms in total. The molecule has 0 atom stereocenters. The van der Waals surface area contributed by atoms with Crippen LogP contribution in [-0.2, 0) is 17.9 Å². The third kappa shape index (κ3) is 3.61. The number of anilines is 1. The maximum Gasteiger partial charge on any atom is 0.152 e. The molecule has 2 heterocycles.